The molecule has 2 aromatic rings. The molecule has 0 fully saturated rings. The van der Waals surface area contributed by atoms with Gasteiger partial charge in [0.15, 0.2) is 0 Å². The Labute approximate surface area is 87.3 Å². The molecule has 0 bridgehead atoms. The first-order chi connectivity index (χ1) is 4.47. The molecule has 0 saturated carbocycles. The molecule has 52 valence electrons. The Hall–Kier alpha value is -0.184. The quantitative estimate of drug-likeness (QED) is 0.366. The summed E-state index contributed by atoms with van der Waals surface area (Å²) < 4.78 is 4.84. The van der Waals surface area contributed by atoms with Crippen molar-refractivity contribution in [3.8, 4) is 0 Å². The molecule has 3 heteroatoms. The summed E-state index contributed by atoms with van der Waals surface area (Å²) in [6, 6.07) is 7.91. The van der Waals surface area contributed by atoms with Gasteiger partial charge in [-0.25, -0.2) is 0 Å². The van der Waals surface area contributed by atoms with Crippen molar-refractivity contribution in [3.63, 3.8) is 0 Å². The molecule has 0 N–H and O–H groups in total. The van der Waals surface area contributed by atoms with Crippen molar-refractivity contribution in [3.05, 3.63) is 36.8 Å². The zero-order valence-electron chi connectivity index (χ0n) is 5.88. The smallest absolute Gasteiger partial charge is 1.00 e. The van der Waals surface area contributed by atoms with Crippen molar-refractivity contribution in [2.24, 2.45) is 0 Å². The first-order valence-electron chi connectivity index (χ1n) is 2.81. The average molecular weight is 177 g/mol. The molecule has 0 saturated heterocycles. The molecule has 0 aliphatic heterocycles. The van der Waals surface area contributed by atoms with Crippen LogP contribution < -0.4 is 12.4 Å². The van der Waals surface area contributed by atoms with Crippen LogP contribution in [0.4, 0.5) is 0 Å². The van der Waals surface area contributed by atoms with Gasteiger partial charge >= 0.3 is 23.1 Å². The maximum atomic E-state index is 4.84. The van der Waals surface area contributed by atoms with E-state index in [1.54, 1.807) is 6.26 Å². The Morgan fingerprint density at radius 2 is 1.91 bits per heavy atom. The molecule has 1 heterocycles. The number of halogens is 1. The normalized spacial score (nSPS) is 8.36. The fraction of sp³-hybridized carbons (Fsp3) is 0. The van der Waals surface area contributed by atoms with E-state index in [9.17, 15) is 0 Å². The van der Waals surface area contributed by atoms with Crippen LogP contribution in [0.3, 0.4) is 0 Å². The third kappa shape index (κ3) is 2.12. The second kappa shape index (κ2) is 4.65. The number of hydrogen-bond acceptors (Lipinski definition) is 1. The fourth-order valence-corrected chi connectivity index (χ4v) is 0.849. The van der Waals surface area contributed by atoms with Gasteiger partial charge in [-0.2, -0.15) is 0 Å². The second-order valence-corrected chi connectivity index (χ2v) is 1.93. The molecular formula is C8H5ClMgO. The summed E-state index contributed by atoms with van der Waals surface area (Å²) >= 11 is 0. The second-order valence-electron chi connectivity index (χ2n) is 1.93. The van der Waals surface area contributed by atoms with Gasteiger partial charge in [0.05, 0.1) is 0 Å². The Bertz CT molecular complexity index is 288. The Balaban J connectivity index is 0.000000500. The summed E-state index contributed by atoms with van der Waals surface area (Å²) in [6.45, 7) is 0. The van der Waals surface area contributed by atoms with Gasteiger partial charge in [0.25, 0.3) is 0 Å². The van der Waals surface area contributed by atoms with Crippen LogP contribution in [-0.2, 0) is 0 Å². The van der Waals surface area contributed by atoms with Gasteiger partial charge in [0.2, 0.25) is 0 Å². The van der Waals surface area contributed by atoms with E-state index < -0.39 is 0 Å². The number of furan rings is 1. The molecule has 0 unspecified atom stereocenters. The monoisotopic (exact) mass is 176 g/mol. The van der Waals surface area contributed by atoms with Crippen LogP contribution in [0.25, 0.3) is 10.8 Å². The van der Waals surface area contributed by atoms with Gasteiger partial charge in [0.1, 0.15) is 0 Å². The molecular weight excluding hydrogens is 172 g/mol. The van der Waals surface area contributed by atoms with E-state index in [-0.39, 0.29) is 35.5 Å². The number of benzene rings is 1. The van der Waals surface area contributed by atoms with E-state index in [1.807, 2.05) is 24.3 Å². The third-order valence-electron chi connectivity index (χ3n) is 1.32. The molecule has 0 aliphatic carbocycles. The van der Waals surface area contributed by atoms with E-state index in [0.29, 0.717) is 0 Å². The van der Waals surface area contributed by atoms with Crippen molar-refractivity contribution in [1.29, 1.82) is 0 Å². The number of fused-ring (bicyclic) bond motifs is 1. The minimum Gasteiger partial charge on any atom is -1.00 e. The molecule has 0 atom stereocenters. The molecule has 0 radical (unpaired) electrons. The van der Waals surface area contributed by atoms with Gasteiger partial charge in [-0.15, -0.1) is 29.0 Å². The zero-order chi connectivity index (χ0) is 6.10. The summed E-state index contributed by atoms with van der Waals surface area (Å²) in [7, 11) is 0. The Kier molecular flexibility index (Phi) is 4.57. The predicted molar refractivity (Wildman–Crippen MR) is 40.8 cm³/mol. The molecule has 2 rings (SSSR count). The maximum Gasteiger partial charge on any atom is 2.00 e. The van der Waals surface area contributed by atoms with Crippen molar-refractivity contribution in [2.45, 2.75) is 0 Å². The minimum atomic E-state index is 0. The number of hydrogen-bond donors (Lipinski definition) is 0. The summed E-state index contributed by atoms with van der Waals surface area (Å²) in [5.74, 6) is 0. The Morgan fingerprint density at radius 1 is 1.18 bits per heavy atom. The predicted octanol–water partition coefficient (Wildman–Crippen LogP) is -1.14. The molecule has 11 heavy (non-hydrogen) atoms. The molecule has 0 spiro atoms. The van der Waals surface area contributed by atoms with Crippen molar-refractivity contribution in [1.82, 2.24) is 0 Å². The van der Waals surface area contributed by atoms with Gasteiger partial charge in [-0.1, -0.05) is 6.07 Å². The SMILES string of the molecule is [Cl-].[Mg+2].[c-]1occ2ccccc12. The summed E-state index contributed by atoms with van der Waals surface area (Å²) in [5, 5.41) is 2.15. The summed E-state index contributed by atoms with van der Waals surface area (Å²) in [6.07, 6.45) is 4.43. The van der Waals surface area contributed by atoms with Crippen molar-refractivity contribution >= 4 is 33.8 Å². The van der Waals surface area contributed by atoms with E-state index in [2.05, 4.69) is 6.26 Å². The van der Waals surface area contributed by atoms with E-state index in [4.69, 9.17) is 4.42 Å². The van der Waals surface area contributed by atoms with Crippen LogP contribution in [0, 0.1) is 6.26 Å². The van der Waals surface area contributed by atoms with Crippen molar-refractivity contribution in [2.75, 3.05) is 0 Å². The average Bonchev–Trinajstić information content (AvgIpc) is 2.33. The Morgan fingerprint density at radius 3 is 2.64 bits per heavy atom. The van der Waals surface area contributed by atoms with Crippen LogP contribution >= 0.6 is 0 Å². The standard InChI is InChI=1S/C8H5O.ClH.Mg/c1-2-4-8-6-9-5-7(8)3-1;;/h1-5H;1H;/q-1;;+2/p-1. The van der Waals surface area contributed by atoms with Gasteiger partial charge < -0.3 is 16.8 Å². The van der Waals surface area contributed by atoms with Crippen LogP contribution in [0.5, 0.6) is 0 Å². The topological polar surface area (TPSA) is 13.1 Å². The molecule has 1 nitrogen and oxygen atoms in total. The van der Waals surface area contributed by atoms with Crippen LogP contribution in [-0.4, -0.2) is 23.1 Å². The largest absolute Gasteiger partial charge is 2.00 e. The zero-order valence-corrected chi connectivity index (χ0v) is 8.05. The minimum absolute atomic E-state index is 0. The van der Waals surface area contributed by atoms with Crippen molar-refractivity contribution < 1.29 is 16.8 Å². The molecule has 1 aromatic heterocycles. The van der Waals surface area contributed by atoms with Gasteiger partial charge in [-0.05, 0) is 6.26 Å². The van der Waals surface area contributed by atoms with Crippen LogP contribution in [0.2, 0.25) is 0 Å². The molecule has 0 amide bonds. The van der Waals surface area contributed by atoms with Crippen LogP contribution in [0.1, 0.15) is 0 Å². The number of rotatable bonds is 0. The first kappa shape index (κ1) is 10.8. The van der Waals surface area contributed by atoms with E-state index >= 15 is 0 Å². The van der Waals surface area contributed by atoms with Gasteiger partial charge in [0, 0.05) is 6.26 Å². The molecule has 1 aromatic carbocycles. The maximum absolute atomic E-state index is 4.84. The van der Waals surface area contributed by atoms with E-state index in [1.165, 1.54) is 0 Å². The summed E-state index contributed by atoms with van der Waals surface area (Å²) in [5.41, 5.74) is 0. The van der Waals surface area contributed by atoms with E-state index in [0.717, 1.165) is 10.8 Å². The summed E-state index contributed by atoms with van der Waals surface area (Å²) in [4.78, 5) is 0. The fourth-order valence-electron chi connectivity index (χ4n) is 0.849. The first-order valence-corrected chi connectivity index (χ1v) is 2.81. The third-order valence-corrected chi connectivity index (χ3v) is 1.32. The van der Waals surface area contributed by atoms with Crippen LogP contribution in [0.15, 0.2) is 34.9 Å². The van der Waals surface area contributed by atoms with Gasteiger partial charge in [-0.3, -0.25) is 0 Å². The molecule has 0 aliphatic rings.